The highest BCUT2D eigenvalue weighted by molar-refractivity contribution is 5.80. The minimum atomic E-state index is -0.531. The minimum absolute atomic E-state index is 0.0127. The molecule has 1 N–H and O–H groups in total. The fraction of sp³-hybridized carbons (Fsp3) is 0.333. The van der Waals surface area contributed by atoms with E-state index >= 15 is 0 Å². The standard InChI is InChI=1S/C24H25N3O4/c28-21(25-16-24(12-6-13-24)18-7-2-1-3-8-18)15-31-22(29)11-14-27-17-26-20-10-5-4-9-19(20)23(27)30/h1-5,7-10,17H,6,11-16H2,(H,25,28). The van der Waals surface area contributed by atoms with Crippen LogP contribution < -0.4 is 10.9 Å². The summed E-state index contributed by atoms with van der Waals surface area (Å²) in [6.45, 7) is 0.356. The summed E-state index contributed by atoms with van der Waals surface area (Å²) < 4.78 is 6.47. The van der Waals surface area contributed by atoms with Crippen LogP contribution in [-0.2, 0) is 26.3 Å². The first kappa shape index (κ1) is 20.8. The number of esters is 1. The predicted molar refractivity (Wildman–Crippen MR) is 117 cm³/mol. The molecule has 3 aromatic rings. The molecule has 0 spiro atoms. The molecular weight excluding hydrogens is 394 g/mol. The van der Waals surface area contributed by atoms with Gasteiger partial charge in [-0.05, 0) is 30.5 Å². The van der Waals surface area contributed by atoms with Crippen LogP contribution in [0.15, 0.2) is 65.7 Å². The second-order valence-corrected chi connectivity index (χ2v) is 7.95. The third-order valence-electron chi connectivity index (χ3n) is 5.97. The van der Waals surface area contributed by atoms with Crippen LogP contribution in [0.1, 0.15) is 31.2 Å². The number of carbonyl (C=O) groups is 2. The van der Waals surface area contributed by atoms with Crippen LogP contribution >= 0.6 is 0 Å². The van der Waals surface area contributed by atoms with Crippen molar-refractivity contribution in [2.24, 2.45) is 0 Å². The third kappa shape index (κ3) is 4.66. The fourth-order valence-corrected chi connectivity index (χ4v) is 3.98. The molecule has 31 heavy (non-hydrogen) atoms. The number of hydrogen-bond donors (Lipinski definition) is 1. The molecule has 160 valence electrons. The van der Waals surface area contributed by atoms with Crippen molar-refractivity contribution in [1.29, 1.82) is 0 Å². The monoisotopic (exact) mass is 419 g/mol. The van der Waals surface area contributed by atoms with Crippen molar-refractivity contribution < 1.29 is 14.3 Å². The second kappa shape index (κ2) is 9.12. The molecule has 0 atom stereocenters. The highest BCUT2D eigenvalue weighted by Gasteiger charge is 2.38. The van der Waals surface area contributed by atoms with E-state index in [9.17, 15) is 14.4 Å². The molecule has 1 fully saturated rings. The molecule has 0 saturated heterocycles. The van der Waals surface area contributed by atoms with E-state index in [2.05, 4.69) is 22.4 Å². The first-order chi connectivity index (χ1) is 15.1. The van der Waals surface area contributed by atoms with Gasteiger partial charge in [0.05, 0.1) is 23.7 Å². The summed E-state index contributed by atoms with van der Waals surface area (Å²) in [5.41, 5.74) is 1.61. The van der Waals surface area contributed by atoms with E-state index in [0.717, 1.165) is 19.3 Å². The number of carbonyl (C=O) groups excluding carboxylic acids is 2. The van der Waals surface area contributed by atoms with Gasteiger partial charge in [0.2, 0.25) is 0 Å². The summed E-state index contributed by atoms with van der Waals surface area (Å²) in [5.74, 6) is -0.850. The summed E-state index contributed by atoms with van der Waals surface area (Å²) in [7, 11) is 0. The first-order valence-electron chi connectivity index (χ1n) is 10.5. The van der Waals surface area contributed by atoms with Crippen molar-refractivity contribution in [3.05, 3.63) is 76.8 Å². The van der Waals surface area contributed by atoms with E-state index in [1.165, 1.54) is 16.5 Å². The lowest BCUT2D eigenvalue weighted by molar-refractivity contribution is -0.148. The predicted octanol–water partition coefficient (Wildman–Crippen LogP) is 2.57. The summed E-state index contributed by atoms with van der Waals surface area (Å²) >= 11 is 0. The molecule has 7 nitrogen and oxygen atoms in total. The van der Waals surface area contributed by atoms with Crippen molar-refractivity contribution in [2.45, 2.75) is 37.6 Å². The van der Waals surface area contributed by atoms with Crippen molar-refractivity contribution in [2.75, 3.05) is 13.2 Å². The molecule has 0 aliphatic heterocycles. The van der Waals surface area contributed by atoms with Gasteiger partial charge in [-0.2, -0.15) is 0 Å². The second-order valence-electron chi connectivity index (χ2n) is 7.95. The lowest BCUT2D eigenvalue weighted by Crippen LogP contribution is -2.46. The van der Waals surface area contributed by atoms with E-state index in [0.29, 0.717) is 17.4 Å². The Kier molecular flexibility index (Phi) is 6.11. The Morgan fingerprint density at radius 1 is 1.06 bits per heavy atom. The van der Waals surface area contributed by atoms with Gasteiger partial charge in [0.15, 0.2) is 6.61 Å². The van der Waals surface area contributed by atoms with Gasteiger partial charge in [-0.15, -0.1) is 0 Å². The van der Waals surface area contributed by atoms with Gasteiger partial charge >= 0.3 is 5.97 Å². The molecule has 7 heteroatoms. The smallest absolute Gasteiger partial charge is 0.308 e. The summed E-state index contributed by atoms with van der Waals surface area (Å²) in [4.78, 5) is 40.9. The number of fused-ring (bicyclic) bond motifs is 1. The number of aryl methyl sites for hydroxylation is 1. The lowest BCUT2D eigenvalue weighted by Gasteiger charge is -2.42. The van der Waals surface area contributed by atoms with E-state index in [1.807, 2.05) is 24.3 Å². The van der Waals surface area contributed by atoms with Gasteiger partial charge in [-0.1, -0.05) is 48.9 Å². The number of benzene rings is 2. The fourth-order valence-electron chi connectivity index (χ4n) is 3.98. The summed E-state index contributed by atoms with van der Waals surface area (Å²) in [5, 5.41) is 3.40. The first-order valence-corrected chi connectivity index (χ1v) is 10.5. The highest BCUT2D eigenvalue weighted by Crippen LogP contribution is 2.43. The Morgan fingerprint density at radius 2 is 1.81 bits per heavy atom. The van der Waals surface area contributed by atoms with Gasteiger partial charge in [-0.25, -0.2) is 4.98 Å². The molecule has 1 aliphatic carbocycles. The van der Waals surface area contributed by atoms with E-state index in [-0.39, 0.29) is 36.5 Å². The average Bonchev–Trinajstić information content (AvgIpc) is 2.77. The molecule has 1 amide bonds. The zero-order chi connectivity index (χ0) is 21.7. The van der Waals surface area contributed by atoms with Gasteiger partial charge < -0.3 is 10.1 Å². The Labute approximate surface area is 180 Å². The highest BCUT2D eigenvalue weighted by atomic mass is 16.5. The number of para-hydroxylation sites is 1. The largest absolute Gasteiger partial charge is 0.456 e. The maximum atomic E-state index is 12.4. The quantitative estimate of drug-likeness (QED) is 0.567. The zero-order valence-corrected chi connectivity index (χ0v) is 17.3. The van der Waals surface area contributed by atoms with Crippen LogP contribution in [0.3, 0.4) is 0 Å². The third-order valence-corrected chi connectivity index (χ3v) is 5.97. The van der Waals surface area contributed by atoms with Crippen LogP contribution in [0, 0.1) is 0 Å². The van der Waals surface area contributed by atoms with Crippen LogP contribution in [0.25, 0.3) is 10.9 Å². The topological polar surface area (TPSA) is 90.3 Å². The summed E-state index contributed by atoms with van der Waals surface area (Å²) in [6, 6.07) is 17.2. The maximum Gasteiger partial charge on any atom is 0.308 e. The number of ether oxygens (including phenoxy) is 1. The normalized spacial score (nSPS) is 14.6. The van der Waals surface area contributed by atoms with Crippen molar-refractivity contribution in [3.63, 3.8) is 0 Å². The van der Waals surface area contributed by atoms with E-state index in [4.69, 9.17) is 4.74 Å². The van der Waals surface area contributed by atoms with Gasteiger partial charge in [0.1, 0.15) is 0 Å². The van der Waals surface area contributed by atoms with Crippen molar-refractivity contribution in [3.8, 4) is 0 Å². The van der Waals surface area contributed by atoms with Gasteiger partial charge in [-0.3, -0.25) is 19.0 Å². The van der Waals surface area contributed by atoms with Crippen LogP contribution in [-0.4, -0.2) is 34.6 Å². The molecule has 0 unspecified atom stereocenters. The number of aromatic nitrogens is 2. The molecule has 1 saturated carbocycles. The Hall–Kier alpha value is -3.48. The molecule has 0 radical (unpaired) electrons. The van der Waals surface area contributed by atoms with E-state index < -0.39 is 5.97 Å². The Morgan fingerprint density at radius 3 is 2.55 bits per heavy atom. The number of amides is 1. The molecule has 1 aromatic heterocycles. The SMILES string of the molecule is O=C(COC(=O)CCn1cnc2ccccc2c1=O)NCC1(c2ccccc2)CCC1. The summed E-state index contributed by atoms with van der Waals surface area (Å²) in [6.07, 6.45) is 4.62. The van der Waals surface area contributed by atoms with Gasteiger partial charge in [0.25, 0.3) is 11.5 Å². The van der Waals surface area contributed by atoms with Crippen molar-refractivity contribution in [1.82, 2.24) is 14.9 Å². The minimum Gasteiger partial charge on any atom is -0.456 e. The Bertz CT molecular complexity index is 1140. The lowest BCUT2D eigenvalue weighted by atomic mass is 9.64. The van der Waals surface area contributed by atoms with Crippen LogP contribution in [0.4, 0.5) is 0 Å². The molecule has 2 aromatic carbocycles. The van der Waals surface area contributed by atoms with Crippen LogP contribution in [0.5, 0.6) is 0 Å². The molecule has 4 rings (SSSR count). The van der Waals surface area contributed by atoms with E-state index in [1.54, 1.807) is 18.2 Å². The molecule has 1 heterocycles. The average molecular weight is 419 g/mol. The zero-order valence-electron chi connectivity index (χ0n) is 17.3. The maximum absolute atomic E-state index is 12.4. The molecule has 1 aliphatic rings. The van der Waals surface area contributed by atoms with Crippen LogP contribution in [0.2, 0.25) is 0 Å². The number of rotatable bonds is 8. The molecular formula is C24H25N3O4. The molecule has 0 bridgehead atoms. The van der Waals surface area contributed by atoms with Crippen molar-refractivity contribution >= 4 is 22.8 Å². The Balaban J connectivity index is 1.24. The number of nitrogens with one attached hydrogen (secondary N) is 1. The number of hydrogen-bond acceptors (Lipinski definition) is 5. The number of nitrogens with zero attached hydrogens (tertiary/aromatic N) is 2. The van der Waals surface area contributed by atoms with Gasteiger partial charge in [0, 0.05) is 18.5 Å².